The Kier molecular flexibility index (Phi) is 4.81. The van der Waals surface area contributed by atoms with Gasteiger partial charge in [0.2, 0.25) is 0 Å². The van der Waals surface area contributed by atoms with E-state index >= 15 is 0 Å². The summed E-state index contributed by atoms with van der Waals surface area (Å²) in [4.78, 5) is 23.4. The maximum atomic E-state index is 13.5. The van der Waals surface area contributed by atoms with E-state index in [0.717, 1.165) is 47.0 Å². The number of ether oxygens (including phenoxy) is 2. The van der Waals surface area contributed by atoms with E-state index in [1.54, 1.807) is 20.4 Å². The number of aromatic amines is 1. The summed E-state index contributed by atoms with van der Waals surface area (Å²) in [5.41, 5.74) is 4.72. The SMILES string of the molecule is COc1cc(OC)c2cc(C(=O)N3CCC[C@@H](c4cc5ncccc5[nH]4)C3)n(C)c2c1. The van der Waals surface area contributed by atoms with E-state index in [9.17, 15) is 4.79 Å². The van der Waals surface area contributed by atoms with Gasteiger partial charge >= 0.3 is 0 Å². The molecule has 1 aliphatic rings. The van der Waals surface area contributed by atoms with Crippen molar-refractivity contribution in [3.63, 3.8) is 0 Å². The summed E-state index contributed by atoms with van der Waals surface area (Å²) >= 11 is 0. The number of nitrogens with one attached hydrogen (secondary N) is 1. The molecule has 4 aromatic rings. The van der Waals surface area contributed by atoms with Gasteiger partial charge in [-0.1, -0.05) is 0 Å². The van der Waals surface area contributed by atoms with Crippen LogP contribution in [-0.4, -0.2) is 52.7 Å². The van der Waals surface area contributed by atoms with Crippen LogP contribution < -0.4 is 9.47 Å². The topological polar surface area (TPSA) is 72.4 Å². The van der Waals surface area contributed by atoms with Gasteiger partial charge in [0.05, 0.1) is 30.8 Å². The first-order chi connectivity index (χ1) is 15.1. The number of hydrogen-bond donors (Lipinski definition) is 1. The lowest BCUT2D eigenvalue weighted by atomic mass is 9.94. The first-order valence-electron chi connectivity index (χ1n) is 10.5. The maximum absolute atomic E-state index is 13.5. The number of H-pyrrole nitrogens is 1. The third-order valence-corrected chi connectivity index (χ3v) is 6.33. The van der Waals surface area contributed by atoms with Crippen LogP contribution in [0.5, 0.6) is 11.5 Å². The Morgan fingerprint density at radius 2 is 2.06 bits per heavy atom. The fraction of sp³-hybridized carbons (Fsp3) is 0.333. The van der Waals surface area contributed by atoms with Crippen molar-refractivity contribution in [2.24, 2.45) is 7.05 Å². The molecule has 0 saturated carbocycles. The molecule has 0 spiro atoms. The van der Waals surface area contributed by atoms with Gasteiger partial charge in [0.1, 0.15) is 17.2 Å². The third-order valence-electron chi connectivity index (χ3n) is 6.33. The molecule has 1 N–H and O–H groups in total. The van der Waals surface area contributed by atoms with Crippen molar-refractivity contribution in [3.05, 3.63) is 54.0 Å². The zero-order valence-corrected chi connectivity index (χ0v) is 18.0. The third kappa shape index (κ3) is 3.30. The number of carbonyl (C=O) groups is 1. The second-order valence-corrected chi connectivity index (χ2v) is 8.10. The minimum absolute atomic E-state index is 0.0404. The summed E-state index contributed by atoms with van der Waals surface area (Å²) in [5, 5.41) is 0.907. The number of hydrogen-bond acceptors (Lipinski definition) is 4. The van der Waals surface area contributed by atoms with Crippen molar-refractivity contribution in [1.29, 1.82) is 0 Å². The van der Waals surface area contributed by atoms with E-state index in [2.05, 4.69) is 16.0 Å². The number of pyridine rings is 1. The zero-order chi connectivity index (χ0) is 21.5. The number of nitrogens with zero attached hydrogens (tertiary/aromatic N) is 3. The lowest BCUT2D eigenvalue weighted by Gasteiger charge is -2.32. The number of rotatable bonds is 4. The van der Waals surface area contributed by atoms with Crippen molar-refractivity contribution < 1.29 is 14.3 Å². The average Bonchev–Trinajstić information content (AvgIpc) is 3.39. The largest absolute Gasteiger partial charge is 0.497 e. The van der Waals surface area contributed by atoms with E-state index in [1.807, 2.05) is 46.8 Å². The summed E-state index contributed by atoms with van der Waals surface area (Å²) in [7, 11) is 5.18. The van der Waals surface area contributed by atoms with Crippen LogP contribution in [0.15, 0.2) is 42.6 Å². The molecule has 31 heavy (non-hydrogen) atoms. The molecule has 4 heterocycles. The quantitative estimate of drug-likeness (QED) is 0.542. The standard InChI is InChI=1S/C24H26N4O3/c1-27-21-10-16(30-2)11-23(31-3)17(21)12-22(27)24(29)28-9-5-6-15(14-28)19-13-20-18(26-19)7-4-8-25-20/h4,7-8,10-13,15,26H,5-6,9,14H2,1-3H3/t15-/m1/s1. The van der Waals surface area contributed by atoms with Crippen molar-refractivity contribution in [1.82, 2.24) is 19.4 Å². The number of likely N-dealkylation sites (tertiary alicyclic amines) is 1. The Morgan fingerprint density at radius 3 is 2.84 bits per heavy atom. The molecule has 7 nitrogen and oxygen atoms in total. The van der Waals surface area contributed by atoms with Crippen LogP contribution in [0.1, 0.15) is 34.9 Å². The molecule has 0 aliphatic carbocycles. The van der Waals surface area contributed by atoms with E-state index in [-0.39, 0.29) is 11.8 Å². The van der Waals surface area contributed by atoms with Crippen LogP contribution >= 0.6 is 0 Å². The molecule has 1 atom stereocenters. The Balaban J connectivity index is 1.45. The number of aryl methyl sites for hydroxylation is 1. The summed E-state index contributed by atoms with van der Waals surface area (Å²) in [6, 6.07) is 11.8. The van der Waals surface area contributed by atoms with Crippen molar-refractivity contribution in [3.8, 4) is 11.5 Å². The van der Waals surface area contributed by atoms with E-state index in [4.69, 9.17) is 9.47 Å². The van der Waals surface area contributed by atoms with Gasteiger partial charge in [-0.2, -0.15) is 0 Å². The molecule has 0 radical (unpaired) electrons. The predicted molar refractivity (Wildman–Crippen MR) is 120 cm³/mol. The number of fused-ring (bicyclic) bond motifs is 2. The molecule has 1 amide bonds. The molecule has 0 bridgehead atoms. The van der Waals surface area contributed by atoms with Gasteiger partial charge in [-0.15, -0.1) is 0 Å². The molecule has 1 fully saturated rings. The molecule has 3 aromatic heterocycles. The van der Waals surface area contributed by atoms with Gasteiger partial charge in [0.15, 0.2) is 0 Å². The number of aromatic nitrogens is 3. The molecular formula is C24H26N4O3. The fourth-order valence-corrected chi connectivity index (χ4v) is 4.64. The molecule has 1 saturated heterocycles. The average molecular weight is 418 g/mol. The molecule has 5 rings (SSSR count). The lowest BCUT2D eigenvalue weighted by Crippen LogP contribution is -2.39. The number of benzene rings is 1. The van der Waals surface area contributed by atoms with Gasteiger partial charge < -0.3 is 23.9 Å². The van der Waals surface area contributed by atoms with Gasteiger partial charge in [-0.05, 0) is 37.1 Å². The monoisotopic (exact) mass is 418 g/mol. The molecule has 0 unspecified atom stereocenters. The van der Waals surface area contributed by atoms with Crippen molar-refractivity contribution in [2.45, 2.75) is 18.8 Å². The van der Waals surface area contributed by atoms with E-state index in [0.29, 0.717) is 23.7 Å². The van der Waals surface area contributed by atoms with Crippen LogP contribution in [0.3, 0.4) is 0 Å². The smallest absolute Gasteiger partial charge is 0.270 e. The Bertz CT molecular complexity index is 1240. The lowest BCUT2D eigenvalue weighted by molar-refractivity contribution is 0.0697. The highest BCUT2D eigenvalue weighted by Crippen LogP contribution is 2.34. The highest BCUT2D eigenvalue weighted by atomic mass is 16.5. The highest BCUT2D eigenvalue weighted by molar-refractivity contribution is 6.01. The molecule has 160 valence electrons. The second kappa shape index (κ2) is 7.65. The van der Waals surface area contributed by atoms with Crippen molar-refractivity contribution in [2.75, 3.05) is 27.3 Å². The van der Waals surface area contributed by atoms with Gasteiger partial charge in [-0.25, -0.2) is 0 Å². The Hall–Kier alpha value is -3.48. The summed E-state index contributed by atoms with van der Waals surface area (Å²) in [5.74, 6) is 1.72. The van der Waals surface area contributed by atoms with E-state index < -0.39 is 0 Å². The number of methoxy groups -OCH3 is 2. The minimum Gasteiger partial charge on any atom is -0.497 e. The van der Waals surface area contributed by atoms with Crippen LogP contribution in [0.25, 0.3) is 21.9 Å². The van der Waals surface area contributed by atoms with Crippen molar-refractivity contribution >= 4 is 27.8 Å². The zero-order valence-electron chi connectivity index (χ0n) is 18.0. The molecule has 1 aliphatic heterocycles. The first kappa shape index (κ1) is 19.5. The molecular weight excluding hydrogens is 392 g/mol. The van der Waals surface area contributed by atoms with Crippen LogP contribution in [0.4, 0.5) is 0 Å². The van der Waals surface area contributed by atoms with Crippen LogP contribution in [-0.2, 0) is 7.05 Å². The summed E-state index contributed by atoms with van der Waals surface area (Å²) in [6.07, 6.45) is 3.83. The fourth-order valence-electron chi connectivity index (χ4n) is 4.64. The summed E-state index contributed by atoms with van der Waals surface area (Å²) in [6.45, 7) is 1.45. The highest BCUT2D eigenvalue weighted by Gasteiger charge is 2.28. The van der Waals surface area contributed by atoms with Crippen LogP contribution in [0.2, 0.25) is 0 Å². The molecule has 7 heteroatoms. The first-order valence-corrected chi connectivity index (χ1v) is 10.5. The number of carbonyl (C=O) groups excluding carboxylic acids is 1. The van der Waals surface area contributed by atoms with Gasteiger partial charge in [0, 0.05) is 55.5 Å². The van der Waals surface area contributed by atoms with Gasteiger partial charge in [-0.3, -0.25) is 9.78 Å². The second-order valence-electron chi connectivity index (χ2n) is 8.10. The number of amides is 1. The molecule has 1 aromatic carbocycles. The minimum atomic E-state index is 0.0404. The Morgan fingerprint density at radius 1 is 1.19 bits per heavy atom. The number of piperidine rings is 1. The van der Waals surface area contributed by atoms with E-state index in [1.165, 1.54) is 0 Å². The maximum Gasteiger partial charge on any atom is 0.270 e. The normalized spacial score (nSPS) is 16.7. The predicted octanol–water partition coefficient (Wildman–Crippen LogP) is 4.09. The summed E-state index contributed by atoms with van der Waals surface area (Å²) < 4.78 is 12.9. The Labute approximate surface area is 180 Å². The van der Waals surface area contributed by atoms with Crippen LogP contribution in [0, 0.1) is 0 Å². The van der Waals surface area contributed by atoms with Gasteiger partial charge in [0.25, 0.3) is 5.91 Å².